The molecule has 0 saturated heterocycles. The van der Waals surface area contributed by atoms with E-state index < -0.39 is 0 Å². The lowest BCUT2D eigenvalue weighted by molar-refractivity contribution is 0.0936. The van der Waals surface area contributed by atoms with Gasteiger partial charge in [-0.15, -0.1) is 0 Å². The van der Waals surface area contributed by atoms with Crippen LogP contribution in [0.3, 0.4) is 0 Å². The molecule has 128 valence electrons. The van der Waals surface area contributed by atoms with E-state index in [4.69, 9.17) is 9.47 Å². The number of hydrogen-bond acceptors (Lipinski definition) is 4. The Hall–Kier alpha value is -2.70. The van der Waals surface area contributed by atoms with Gasteiger partial charge in [0.2, 0.25) is 0 Å². The van der Waals surface area contributed by atoms with Crippen LogP contribution in [0.4, 0.5) is 0 Å². The predicted molar refractivity (Wildman–Crippen MR) is 92.6 cm³/mol. The van der Waals surface area contributed by atoms with Crippen molar-refractivity contribution in [3.63, 3.8) is 0 Å². The van der Waals surface area contributed by atoms with Gasteiger partial charge in [-0.1, -0.05) is 12.1 Å². The lowest BCUT2D eigenvalue weighted by Gasteiger charge is -2.27. The van der Waals surface area contributed by atoms with Crippen molar-refractivity contribution < 1.29 is 9.47 Å². The Bertz CT molecular complexity index is 657. The van der Waals surface area contributed by atoms with Crippen LogP contribution in [0.15, 0.2) is 48.0 Å². The maximum absolute atomic E-state index is 5.92. The number of nitrogens with zero attached hydrogens (tertiary/aromatic N) is 3. The molecule has 1 atom stereocenters. The van der Waals surface area contributed by atoms with E-state index in [1.807, 2.05) is 36.8 Å². The predicted octanol–water partition coefficient (Wildman–Crippen LogP) is 1.28. The molecule has 7 nitrogen and oxygen atoms in total. The first-order valence-electron chi connectivity index (χ1n) is 8.14. The zero-order valence-corrected chi connectivity index (χ0v) is 13.8. The van der Waals surface area contributed by atoms with Gasteiger partial charge in [-0.05, 0) is 18.6 Å². The molecule has 2 aromatic rings. The first kappa shape index (κ1) is 16.2. The van der Waals surface area contributed by atoms with Gasteiger partial charge in [0.1, 0.15) is 12.7 Å². The normalized spacial score (nSPS) is 16.7. The highest BCUT2D eigenvalue weighted by Gasteiger charge is 2.20. The maximum atomic E-state index is 5.92. The van der Waals surface area contributed by atoms with Crippen LogP contribution < -0.4 is 20.1 Å². The zero-order valence-electron chi connectivity index (χ0n) is 13.8. The van der Waals surface area contributed by atoms with Gasteiger partial charge in [-0.3, -0.25) is 4.99 Å². The van der Waals surface area contributed by atoms with Gasteiger partial charge in [-0.2, -0.15) is 0 Å². The molecule has 1 aromatic heterocycles. The summed E-state index contributed by atoms with van der Waals surface area (Å²) in [6.45, 7) is 2.93. The number of guanidine groups is 1. The van der Waals surface area contributed by atoms with E-state index in [2.05, 4.69) is 25.2 Å². The molecule has 1 aliphatic heterocycles. The molecule has 1 aromatic carbocycles. The van der Waals surface area contributed by atoms with E-state index in [9.17, 15) is 0 Å². The van der Waals surface area contributed by atoms with Crippen LogP contribution >= 0.6 is 0 Å². The Morgan fingerprint density at radius 3 is 3.00 bits per heavy atom. The van der Waals surface area contributed by atoms with Gasteiger partial charge in [0.05, 0.1) is 12.9 Å². The highest BCUT2D eigenvalue weighted by Crippen LogP contribution is 2.30. The number of fused-ring (bicyclic) bond motifs is 1. The van der Waals surface area contributed by atoms with Crippen molar-refractivity contribution in [2.24, 2.45) is 4.99 Å². The smallest absolute Gasteiger partial charge is 0.191 e. The van der Waals surface area contributed by atoms with Crippen molar-refractivity contribution in [3.05, 3.63) is 43.0 Å². The number of aliphatic imine (C=N–C) groups is 1. The van der Waals surface area contributed by atoms with E-state index in [0.717, 1.165) is 37.0 Å². The molecule has 7 heteroatoms. The number of para-hydroxylation sites is 2. The van der Waals surface area contributed by atoms with Crippen molar-refractivity contribution >= 4 is 5.96 Å². The molecule has 0 amide bonds. The molecule has 2 N–H and O–H groups in total. The first-order valence-corrected chi connectivity index (χ1v) is 8.14. The standard InChI is InChI=1S/C17H23N5O2/c1-18-17(20-7-4-9-22-10-8-19-13-22)21-11-14-12-23-15-5-2-3-6-16(15)24-14/h2-3,5-6,8,10,13-14H,4,7,9,11-12H2,1H3,(H2,18,20,21). The van der Waals surface area contributed by atoms with Gasteiger partial charge < -0.3 is 24.7 Å². The Labute approximate surface area is 141 Å². The summed E-state index contributed by atoms with van der Waals surface area (Å²) < 4.78 is 13.7. The van der Waals surface area contributed by atoms with Crippen LogP contribution in [0, 0.1) is 0 Å². The molecular formula is C17H23N5O2. The third-order valence-electron chi connectivity index (χ3n) is 3.73. The fourth-order valence-electron chi connectivity index (χ4n) is 2.48. The summed E-state index contributed by atoms with van der Waals surface area (Å²) in [6, 6.07) is 7.72. The molecule has 0 bridgehead atoms. The maximum Gasteiger partial charge on any atom is 0.191 e. The molecule has 3 rings (SSSR count). The van der Waals surface area contributed by atoms with Gasteiger partial charge in [-0.25, -0.2) is 4.98 Å². The van der Waals surface area contributed by atoms with Crippen LogP contribution in [0.2, 0.25) is 0 Å². The molecule has 0 saturated carbocycles. The average Bonchev–Trinajstić information content (AvgIpc) is 3.14. The summed E-state index contributed by atoms with van der Waals surface area (Å²) in [5.41, 5.74) is 0. The number of rotatable bonds is 6. The highest BCUT2D eigenvalue weighted by atomic mass is 16.6. The molecule has 1 aliphatic rings. The van der Waals surface area contributed by atoms with E-state index in [1.54, 1.807) is 13.2 Å². The summed E-state index contributed by atoms with van der Waals surface area (Å²) in [4.78, 5) is 8.26. The molecule has 0 fully saturated rings. The van der Waals surface area contributed by atoms with Crippen molar-refractivity contribution in [1.82, 2.24) is 20.2 Å². The van der Waals surface area contributed by atoms with E-state index in [0.29, 0.717) is 13.2 Å². The zero-order chi connectivity index (χ0) is 16.6. The Morgan fingerprint density at radius 1 is 1.33 bits per heavy atom. The Balaban J connectivity index is 1.37. The fraction of sp³-hybridized carbons (Fsp3) is 0.412. The SMILES string of the molecule is CN=C(NCCCn1ccnc1)NCC1COc2ccccc2O1. The van der Waals surface area contributed by atoms with Crippen LogP contribution in [0.5, 0.6) is 11.5 Å². The van der Waals surface area contributed by atoms with Gasteiger partial charge in [0.25, 0.3) is 0 Å². The third-order valence-corrected chi connectivity index (χ3v) is 3.73. The van der Waals surface area contributed by atoms with Crippen molar-refractivity contribution in [1.29, 1.82) is 0 Å². The summed E-state index contributed by atoms with van der Waals surface area (Å²) in [7, 11) is 1.76. The highest BCUT2D eigenvalue weighted by molar-refractivity contribution is 5.79. The van der Waals surface area contributed by atoms with Crippen molar-refractivity contribution in [3.8, 4) is 11.5 Å². The number of benzene rings is 1. The Morgan fingerprint density at radius 2 is 2.21 bits per heavy atom. The second-order valence-electron chi connectivity index (χ2n) is 5.53. The molecule has 0 spiro atoms. The number of aromatic nitrogens is 2. The van der Waals surface area contributed by atoms with Gasteiger partial charge in [0, 0.05) is 32.5 Å². The molecule has 24 heavy (non-hydrogen) atoms. The molecular weight excluding hydrogens is 306 g/mol. The number of imidazole rings is 1. The minimum Gasteiger partial charge on any atom is -0.486 e. The number of ether oxygens (including phenoxy) is 2. The molecule has 0 radical (unpaired) electrons. The van der Waals surface area contributed by atoms with Gasteiger partial charge >= 0.3 is 0 Å². The molecule has 2 heterocycles. The van der Waals surface area contributed by atoms with Crippen molar-refractivity contribution in [2.45, 2.75) is 19.1 Å². The third kappa shape index (κ3) is 4.41. The lowest BCUT2D eigenvalue weighted by Crippen LogP contribution is -2.45. The van der Waals surface area contributed by atoms with Crippen LogP contribution in [0.25, 0.3) is 0 Å². The fourth-order valence-corrected chi connectivity index (χ4v) is 2.48. The van der Waals surface area contributed by atoms with E-state index >= 15 is 0 Å². The largest absolute Gasteiger partial charge is 0.486 e. The lowest BCUT2D eigenvalue weighted by atomic mass is 10.2. The first-order chi connectivity index (χ1) is 11.8. The average molecular weight is 329 g/mol. The summed E-state index contributed by atoms with van der Waals surface area (Å²) in [5.74, 6) is 2.36. The molecule has 1 unspecified atom stereocenters. The second-order valence-corrected chi connectivity index (χ2v) is 5.53. The van der Waals surface area contributed by atoms with Crippen LogP contribution in [-0.2, 0) is 6.54 Å². The molecule has 0 aliphatic carbocycles. The van der Waals surface area contributed by atoms with Crippen LogP contribution in [-0.4, -0.2) is 48.4 Å². The minimum absolute atomic E-state index is 0.0376. The second kappa shape index (κ2) is 8.24. The van der Waals surface area contributed by atoms with Crippen molar-refractivity contribution in [2.75, 3.05) is 26.7 Å². The van der Waals surface area contributed by atoms with Crippen LogP contribution in [0.1, 0.15) is 6.42 Å². The summed E-state index contributed by atoms with van der Waals surface area (Å²) >= 11 is 0. The monoisotopic (exact) mass is 329 g/mol. The number of hydrogen-bond donors (Lipinski definition) is 2. The summed E-state index contributed by atoms with van der Waals surface area (Å²) in [6.07, 6.45) is 6.53. The number of nitrogens with one attached hydrogen (secondary N) is 2. The van der Waals surface area contributed by atoms with E-state index in [-0.39, 0.29) is 6.10 Å². The quantitative estimate of drug-likeness (QED) is 0.474. The minimum atomic E-state index is -0.0376. The summed E-state index contributed by atoms with van der Waals surface area (Å²) in [5, 5.41) is 6.58. The van der Waals surface area contributed by atoms with E-state index in [1.165, 1.54) is 0 Å². The Kier molecular flexibility index (Phi) is 5.55. The number of aryl methyl sites for hydroxylation is 1. The topological polar surface area (TPSA) is 72.7 Å². The van der Waals surface area contributed by atoms with Gasteiger partial charge in [0.15, 0.2) is 17.5 Å².